The third-order valence-corrected chi connectivity index (χ3v) is 2.67. The Hall–Kier alpha value is -2.64. The van der Waals surface area contributed by atoms with Gasteiger partial charge in [-0.25, -0.2) is 4.68 Å². The number of aryl methyl sites for hydroxylation is 1. The van der Waals surface area contributed by atoms with Crippen LogP contribution in [0.2, 0.25) is 0 Å². The molecule has 0 aliphatic heterocycles. The number of nitrogens with one attached hydrogen (secondary N) is 1. The van der Waals surface area contributed by atoms with E-state index in [1.807, 2.05) is 0 Å². The molecule has 0 fully saturated rings. The minimum atomic E-state index is -4.58. The second-order valence-corrected chi connectivity index (χ2v) is 4.18. The summed E-state index contributed by atoms with van der Waals surface area (Å²) in [7, 11) is 1.34. The molecule has 0 saturated carbocycles. The monoisotopic (exact) mass is 297 g/mol. The lowest BCUT2D eigenvalue weighted by molar-refractivity contribution is -0.136. The minimum absolute atomic E-state index is 0.158. The van der Waals surface area contributed by atoms with Crippen molar-refractivity contribution in [1.82, 2.24) is 9.78 Å². The molecule has 1 N–H and O–H groups in total. The van der Waals surface area contributed by atoms with Gasteiger partial charge in [-0.3, -0.25) is 9.59 Å². The normalized spacial score (nSPS) is 11.2. The van der Waals surface area contributed by atoms with Gasteiger partial charge in [0, 0.05) is 13.1 Å². The van der Waals surface area contributed by atoms with Crippen molar-refractivity contribution in [2.45, 2.75) is 6.18 Å². The molecule has 0 aliphatic carbocycles. The Morgan fingerprint density at radius 3 is 2.48 bits per heavy atom. The van der Waals surface area contributed by atoms with Crippen molar-refractivity contribution in [3.05, 3.63) is 58.0 Å². The van der Waals surface area contributed by atoms with Crippen molar-refractivity contribution in [3.63, 3.8) is 0 Å². The van der Waals surface area contributed by atoms with Crippen LogP contribution in [0.4, 0.5) is 18.9 Å². The summed E-state index contributed by atoms with van der Waals surface area (Å²) in [4.78, 5) is 23.1. The number of aromatic nitrogens is 2. The van der Waals surface area contributed by atoms with Gasteiger partial charge in [0.05, 0.1) is 11.3 Å². The standard InChI is InChI=1S/C13H10F3N3O2/c1-19-11(20)7-6-10(18-19)12(21)17-9-5-3-2-4-8(9)13(14,15)16/h2-7H,1H3,(H,17,21). The number of hydrogen-bond acceptors (Lipinski definition) is 3. The van der Waals surface area contributed by atoms with Gasteiger partial charge < -0.3 is 5.32 Å². The molecular weight excluding hydrogens is 287 g/mol. The van der Waals surface area contributed by atoms with Crippen LogP contribution in [0.25, 0.3) is 0 Å². The van der Waals surface area contributed by atoms with Gasteiger partial charge in [-0.1, -0.05) is 12.1 Å². The van der Waals surface area contributed by atoms with Crippen molar-refractivity contribution >= 4 is 11.6 Å². The quantitative estimate of drug-likeness (QED) is 0.922. The highest BCUT2D eigenvalue weighted by Crippen LogP contribution is 2.34. The summed E-state index contributed by atoms with van der Waals surface area (Å²) in [5.41, 5.74) is -1.91. The van der Waals surface area contributed by atoms with Crippen LogP contribution in [0.15, 0.2) is 41.2 Å². The average molecular weight is 297 g/mol. The van der Waals surface area contributed by atoms with Gasteiger partial charge in [0.2, 0.25) is 0 Å². The summed E-state index contributed by atoms with van der Waals surface area (Å²) in [6, 6.07) is 6.86. The molecule has 8 heteroatoms. The zero-order chi connectivity index (χ0) is 15.6. The Morgan fingerprint density at radius 2 is 1.86 bits per heavy atom. The van der Waals surface area contributed by atoms with Gasteiger partial charge in [-0.05, 0) is 18.2 Å². The van der Waals surface area contributed by atoms with E-state index in [4.69, 9.17) is 0 Å². The molecule has 5 nitrogen and oxygen atoms in total. The number of amides is 1. The van der Waals surface area contributed by atoms with Crippen LogP contribution in [0.3, 0.4) is 0 Å². The maximum atomic E-state index is 12.8. The summed E-state index contributed by atoms with van der Waals surface area (Å²) in [5, 5.41) is 5.81. The third-order valence-electron chi connectivity index (χ3n) is 2.67. The van der Waals surface area contributed by atoms with E-state index >= 15 is 0 Å². The molecule has 0 aliphatic rings. The van der Waals surface area contributed by atoms with Gasteiger partial charge in [0.15, 0.2) is 0 Å². The lowest BCUT2D eigenvalue weighted by Gasteiger charge is -2.13. The number of hydrogen-bond donors (Lipinski definition) is 1. The Kier molecular flexibility index (Phi) is 3.79. The number of anilines is 1. The molecule has 1 amide bonds. The van der Waals surface area contributed by atoms with Gasteiger partial charge >= 0.3 is 6.18 Å². The number of benzene rings is 1. The van der Waals surface area contributed by atoms with Gasteiger partial charge in [-0.2, -0.15) is 18.3 Å². The lowest BCUT2D eigenvalue weighted by Crippen LogP contribution is -2.24. The van der Waals surface area contributed by atoms with Crippen LogP contribution in [-0.2, 0) is 13.2 Å². The maximum absolute atomic E-state index is 12.8. The van der Waals surface area contributed by atoms with E-state index in [-0.39, 0.29) is 11.4 Å². The fraction of sp³-hybridized carbons (Fsp3) is 0.154. The van der Waals surface area contributed by atoms with Crippen molar-refractivity contribution in [1.29, 1.82) is 0 Å². The number of carbonyl (C=O) groups is 1. The molecule has 21 heavy (non-hydrogen) atoms. The van der Waals surface area contributed by atoms with Crippen LogP contribution in [0, 0.1) is 0 Å². The fourth-order valence-corrected chi connectivity index (χ4v) is 1.65. The Morgan fingerprint density at radius 1 is 1.19 bits per heavy atom. The second-order valence-electron chi connectivity index (χ2n) is 4.18. The van der Waals surface area contributed by atoms with Crippen LogP contribution < -0.4 is 10.9 Å². The Labute approximate surface area is 117 Å². The van der Waals surface area contributed by atoms with Crippen LogP contribution >= 0.6 is 0 Å². The predicted octanol–water partition coefficient (Wildman–Crippen LogP) is 2.05. The van der Waals surface area contributed by atoms with E-state index in [0.717, 1.165) is 28.9 Å². The summed E-state index contributed by atoms with van der Waals surface area (Å²) in [5.74, 6) is -0.831. The first-order valence-electron chi connectivity index (χ1n) is 5.81. The van der Waals surface area contributed by atoms with Gasteiger partial charge in [-0.15, -0.1) is 0 Å². The fourth-order valence-electron chi connectivity index (χ4n) is 1.65. The lowest BCUT2D eigenvalue weighted by atomic mass is 10.1. The van der Waals surface area contributed by atoms with E-state index in [9.17, 15) is 22.8 Å². The molecular formula is C13H10F3N3O2. The Bertz CT molecular complexity index is 738. The van der Waals surface area contributed by atoms with E-state index in [1.54, 1.807) is 0 Å². The molecule has 1 aromatic heterocycles. The Balaban J connectivity index is 2.32. The van der Waals surface area contributed by atoms with Gasteiger partial charge in [0.25, 0.3) is 11.5 Å². The molecule has 1 aromatic carbocycles. The van der Waals surface area contributed by atoms with Crippen LogP contribution in [0.5, 0.6) is 0 Å². The van der Waals surface area contributed by atoms with Crippen LogP contribution in [-0.4, -0.2) is 15.7 Å². The molecule has 2 aromatic rings. The summed E-state index contributed by atoms with van der Waals surface area (Å²) in [6.07, 6.45) is -4.58. The van der Waals surface area contributed by atoms with Crippen molar-refractivity contribution in [2.75, 3.05) is 5.32 Å². The van der Waals surface area contributed by atoms with Crippen molar-refractivity contribution in [3.8, 4) is 0 Å². The van der Waals surface area contributed by atoms with Crippen LogP contribution in [0.1, 0.15) is 16.1 Å². The second kappa shape index (κ2) is 5.39. The summed E-state index contributed by atoms with van der Waals surface area (Å²) < 4.78 is 39.3. The van der Waals surface area contributed by atoms with Crippen molar-refractivity contribution in [2.24, 2.45) is 7.05 Å². The molecule has 0 saturated heterocycles. The molecule has 0 spiro atoms. The third kappa shape index (κ3) is 3.28. The average Bonchev–Trinajstić information content (AvgIpc) is 2.41. The van der Waals surface area contributed by atoms with E-state index in [0.29, 0.717) is 0 Å². The zero-order valence-electron chi connectivity index (χ0n) is 10.8. The number of rotatable bonds is 2. The smallest absolute Gasteiger partial charge is 0.320 e. The number of nitrogens with zero attached hydrogens (tertiary/aromatic N) is 2. The highest BCUT2D eigenvalue weighted by atomic mass is 19.4. The van der Waals surface area contributed by atoms with Crippen molar-refractivity contribution < 1.29 is 18.0 Å². The number of alkyl halides is 3. The zero-order valence-corrected chi connectivity index (χ0v) is 10.8. The predicted molar refractivity (Wildman–Crippen MR) is 68.9 cm³/mol. The SMILES string of the molecule is Cn1nc(C(=O)Nc2ccccc2C(F)(F)F)ccc1=O. The molecule has 0 atom stereocenters. The summed E-state index contributed by atoms with van der Waals surface area (Å²) >= 11 is 0. The first-order valence-corrected chi connectivity index (χ1v) is 5.81. The largest absolute Gasteiger partial charge is 0.418 e. The highest BCUT2D eigenvalue weighted by Gasteiger charge is 2.33. The molecule has 0 bridgehead atoms. The minimum Gasteiger partial charge on any atom is -0.320 e. The molecule has 0 unspecified atom stereocenters. The molecule has 0 radical (unpaired) electrons. The summed E-state index contributed by atoms with van der Waals surface area (Å²) in [6.45, 7) is 0. The van der Waals surface area contributed by atoms with Gasteiger partial charge in [0.1, 0.15) is 5.69 Å². The van der Waals surface area contributed by atoms with E-state index < -0.39 is 23.2 Å². The molecule has 110 valence electrons. The van der Waals surface area contributed by atoms with E-state index in [1.165, 1.54) is 19.2 Å². The maximum Gasteiger partial charge on any atom is 0.418 e. The topological polar surface area (TPSA) is 64.0 Å². The number of halogens is 3. The number of para-hydroxylation sites is 1. The van der Waals surface area contributed by atoms with E-state index in [2.05, 4.69) is 10.4 Å². The number of carbonyl (C=O) groups excluding carboxylic acids is 1. The highest BCUT2D eigenvalue weighted by molar-refractivity contribution is 6.03. The molecule has 1 heterocycles. The molecule has 2 rings (SSSR count). The first kappa shape index (κ1) is 14.8. The first-order chi connectivity index (χ1) is 9.79.